The van der Waals surface area contributed by atoms with Gasteiger partial charge in [0, 0.05) is 11.8 Å². The highest BCUT2D eigenvalue weighted by Crippen LogP contribution is 2.63. The number of ether oxygens (including phenoxy) is 3. The van der Waals surface area contributed by atoms with Crippen molar-refractivity contribution in [3.63, 3.8) is 0 Å². The minimum atomic E-state index is -1.93. The van der Waals surface area contributed by atoms with E-state index >= 15 is 0 Å². The lowest BCUT2D eigenvalue weighted by atomic mass is 9.51. The fourth-order valence-corrected chi connectivity index (χ4v) is 5.21. The van der Waals surface area contributed by atoms with Crippen LogP contribution < -0.4 is 0 Å². The second-order valence-corrected chi connectivity index (χ2v) is 7.81. The van der Waals surface area contributed by atoms with Crippen LogP contribution in [0.5, 0.6) is 0 Å². The quantitative estimate of drug-likeness (QED) is 0.735. The van der Waals surface area contributed by atoms with Crippen LogP contribution in [0.2, 0.25) is 0 Å². The van der Waals surface area contributed by atoms with Crippen LogP contribution in [0.15, 0.2) is 0 Å². The molecule has 0 amide bonds. The normalized spacial score (nSPS) is 43.5. The van der Waals surface area contributed by atoms with Crippen molar-refractivity contribution < 1.29 is 23.4 Å². The van der Waals surface area contributed by atoms with E-state index in [0.717, 1.165) is 32.1 Å². The highest BCUT2D eigenvalue weighted by Gasteiger charge is 2.66. The van der Waals surface area contributed by atoms with Crippen molar-refractivity contribution in [1.29, 1.82) is 0 Å². The first-order valence-electron chi connectivity index (χ1n) is 8.03. The Morgan fingerprint density at radius 1 is 1.14 bits per heavy atom. The Hall–Kier alpha value is -0.680. The predicted octanol–water partition coefficient (Wildman–Crippen LogP) is 2.60. The number of alkyl halides is 1. The molecule has 4 saturated carbocycles. The summed E-state index contributed by atoms with van der Waals surface area (Å²) in [4.78, 5) is 12.0. The Kier molecular flexibility index (Phi) is 2.79. The van der Waals surface area contributed by atoms with Crippen molar-refractivity contribution in [3.8, 4) is 0 Å². The van der Waals surface area contributed by atoms with E-state index in [4.69, 9.17) is 14.2 Å². The van der Waals surface area contributed by atoms with Gasteiger partial charge in [0.15, 0.2) is 5.79 Å². The first-order chi connectivity index (χ1) is 9.83. The molecule has 0 N–H and O–H groups in total. The van der Waals surface area contributed by atoms with Gasteiger partial charge in [-0.2, -0.15) is 0 Å². The summed E-state index contributed by atoms with van der Waals surface area (Å²) >= 11 is 0. The van der Waals surface area contributed by atoms with Crippen molar-refractivity contribution in [2.45, 2.75) is 63.0 Å². The Balaban J connectivity index is 1.59. The lowest BCUT2D eigenvalue weighted by Crippen LogP contribution is -2.65. The van der Waals surface area contributed by atoms with Crippen molar-refractivity contribution in [3.05, 3.63) is 0 Å². The molecule has 5 rings (SSSR count). The second kappa shape index (κ2) is 4.19. The minimum Gasteiger partial charge on any atom is -0.457 e. The summed E-state index contributed by atoms with van der Waals surface area (Å²) in [6.07, 6.45) is 4.53. The van der Waals surface area contributed by atoms with Gasteiger partial charge >= 0.3 is 5.97 Å². The molecular weight excluding hydrogens is 275 g/mol. The Labute approximate surface area is 124 Å². The number of hydrogen-bond donors (Lipinski definition) is 0. The summed E-state index contributed by atoms with van der Waals surface area (Å²) in [5, 5.41) is 0. The molecule has 4 bridgehead atoms. The number of carbonyl (C=O) groups excluding carboxylic acids is 1. The second-order valence-electron chi connectivity index (χ2n) is 7.81. The van der Waals surface area contributed by atoms with Crippen LogP contribution in [0, 0.1) is 17.8 Å². The van der Waals surface area contributed by atoms with Crippen molar-refractivity contribution in [2.75, 3.05) is 13.2 Å². The molecule has 5 aliphatic rings. The lowest BCUT2D eigenvalue weighted by Gasteiger charge is -2.62. The van der Waals surface area contributed by atoms with Gasteiger partial charge in [0.25, 0.3) is 0 Å². The average molecular weight is 298 g/mol. The molecule has 0 radical (unpaired) electrons. The number of halogens is 1. The van der Waals surface area contributed by atoms with E-state index in [9.17, 15) is 9.18 Å². The fraction of sp³-hybridized carbons (Fsp3) is 0.938. The summed E-state index contributed by atoms with van der Waals surface area (Å²) < 4.78 is 31.5. The maximum Gasteiger partial charge on any atom is 0.343 e. The molecule has 2 unspecified atom stereocenters. The van der Waals surface area contributed by atoms with E-state index in [2.05, 4.69) is 0 Å². The number of rotatable bonds is 2. The lowest BCUT2D eigenvalue weighted by molar-refractivity contribution is -0.315. The molecule has 0 aromatic heterocycles. The molecule has 4 aliphatic carbocycles. The summed E-state index contributed by atoms with van der Waals surface area (Å²) in [6, 6.07) is 0. The van der Waals surface area contributed by atoms with Crippen molar-refractivity contribution >= 4 is 5.97 Å². The summed E-state index contributed by atoms with van der Waals surface area (Å²) in [5.41, 5.74) is -2.42. The van der Waals surface area contributed by atoms with Gasteiger partial charge in [-0.1, -0.05) is 0 Å². The SMILES string of the molecule is CC(C)(F)C(=O)OC12CC3CC(C1)C1(OCCO1)C(C3)C2. The van der Waals surface area contributed by atoms with Gasteiger partial charge in [-0.15, -0.1) is 0 Å². The molecule has 1 spiro atoms. The fourth-order valence-electron chi connectivity index (χ4n) is 5.21. The zero-order valence-electron chi connectivity index (χ0n) is 12.7. The van der Waals surface area contributed by atoms with E-state index in [-0.39, 0.29) is 11.8 Å². The third-order valence-electron chi connectivity index (χ3n) is 5.80. The molecule has 2 atom stereocenters. The van der Waals surface area contributed by atoms with Crippen LogP contribution >= 0.6 is 0 Å². The third-order valence-corrected chi connectivity index (χ3v) is 5.80. The molecule has 1 heterocycles. The molecular formula is C16H23FO4. The third kappa shape index (κ3) is 1.96. The highest BCUT2D eigenvalue weighted by atomic mass is 19.1. The molecule has 0 aromatic carbocycles. The zero-order chi connectivity index (χ0) is 14.9. The van der Waals surface area contributed by atoms with E-state index in [1.165, 1.54) is 13.8 Å². The Bertz CT molecular complexity index is 445. The topological polar surface area (TPSA) is 44.8 Å². The molecule has 1 aliphatic heterocycles. The standard InChI is InChI=1S/C16H23FO4/c1-14(2,17)13(18)21-15-7-10-5-11(8-15)16(12(6-10)9-15)19-3-4-20-16/h10-12H,3-9H2,1-2H3. The van der Waals surface area contributed by atoms with Gasteiger partial charge in [-0.05, 0) is 51.9 Å². The molecule has 4 nitrogen and oxygen atoms in total. The predicted molar refractivity (Wildman–Crippen MR) is 72.2 cm³/mol. The van der Waals surface area contributed by atoms with Gasteiger partial charge in [0.2, 0.25) is 5.67 Å². The molecule has 118 valence electrons. The van der Waals surface area contributed by atoms with Gasteiger partial charge in [-0.25, -0.2) is 9.18 Å². The van der Waals surface area contributed by atoms with E-state index < -0.39 is 23.0 Å². The van der Waals surface area contributed by atoms with Crippen molar-refractivity contribution in [2.24, 2.45) is 17.8 Å². The zero-order valence-corrected chi connectivity index (χ0v) is 12.7. The maximum atomic E-state index is 13.8. The molecule has 0 aromatic rings. The van der Waals surface area contributed by atoms with Crippen LogP contribution in [-0.2, 0) is 19.0 Å². The summed E-state index contributed by atoms with van der Waals surface area (Å²) in [7, 11) is 0. The largest absolute Gasteiger partial charge is 0.457 e. The monoisotopic (exact) mass is 298 g/mol. The van der Waals surface area contributed by atoms with E-state index in [1.54, 1.807) is 0 Å². The first kappa shape index (κ1) is 13.9. The Morgan fingerprint density at radius 2 is 1.71 bits per heavy atom. The van der Waals surface area contributed by atoms with Gasteiger partial charge in [0.05, 0.1) is 13.2 Å². The van der Waals surface area contributed by atoms with Gasteiger partial charge in [0.1, 0.15) is 5.60 Å². The smallest absolute Gasteiger partial charge is 0.343 e. The summed E-state index contributed by atoms with van der Waals surface area (Å²) in [5.74, 6) is -0.0651. The minimum absolute atomic E-state index is 0.279. The van der Waals surface area contributed by atoms with E-state index in [1.807, 2.05) is 0 Å². The highest BCUT2D eigenvalue weighted by molar-refractivity contribution is 5.78. The molecule has 21 heavy (non-hydrogen) atoms. The molecule has 1 saturated heterocycles. The number of esters is 1. The van der Waals surface area contributed by atoms with Crippen LogP contribution in [0.3, 0.4) is 0 Å². The van der Waals surface area contributed by atoms with Crippen LogP contribution in [0.1, 0.15) is 46.0 Å². The Morgan fingerprint density at radius 3 is 2.24 bits per heavy atom. The van der Waals surface area contributed by atoms with Crippen molar-refractivity contribution in [1.82, 2.24) is 0 Å². The first-order valence-corrected chi connectivity index (χ1v) is 8.03. The van der Waals surface area contributed by atoms with Crippen LogP contribution in [0.4, 0.5) is 4.39 Å². The van der Waals surface area contributed by atoms with Gasteiger partial charge in [-0.3, -0.25) is 0 Å². The number of carbonyl (C=O) groups is 1. The van der Waals surface area contributed by atoms with E-state index in [0.29, 0.717) is 19.1 Å². The molecule has 5 heteroatoms. The van der Waals surface area contributed by atoms with Crippen LogP contribution in [-0.4, -0.2) is 36.2 Å². The van der Waals surface area contributed by atoms with Crippen LogP contribution in [0.25, 0.3) is 0 Å². The number of hydrogen-bond acceptors (Lipinski definition) is 4. The average Bonchev–Trinajstić information content (AvgIpc) is 2.84. The summed E-state index contributed by atoms with van der Waals surface area (Å²) in [6.45, 7) is 3.84. The van der Waals surface area contributed by atoms with Gasteiger partial charge < -0.3 is 14.2 Å². The molecule has 5 fully saturated rings. The maximum absolute atomic E-state index is 13.8.